The number of methoxy groups -OCH3 is 1. The summed E-state index contributed by atoms with van der Waals surface area (Å²) in [6, 6.07) is 9.61. The van der Waals surface area contributed by atoms with Gasteiger partial charge in [0, 0.05) is 37.8 Å². The first kappa shape index (κ1) is 26.1. The molecular formula is C28H30FN3O5. The zero-order chi connectivity index (χ0) is 26.4. The zero-order valence-corrected chi connectivity index (χ0v) is 21.0. The summed E-state index contributed by atoms with van der Waals surface area (Å²) in [4.78, 5) is 45.5. The van der Waals surface area contributed by atoms with Gasteiger partial charge in [-0.3, -0.25) is 14.6 Å². The van der Waals surface area contributed by atoms with E-state index in [9.17, 15) is 18.8 Å². The topological polar surface area (TPSA) is 89.0 Å². The molecule has 1 aliphatic heterocycles. The Morgan fingerprint density at radius 1 is 1.05 bits per heavy atom. The molecular weight excluding hydrogens is 477 g/mol. The second-order valence-corrected chi connectivity index (χ2v) is 8.97. The predicted octanol–water partition coefficient (Wildman–Crippen LogP) is 3.84. The summed E-state index contributed by atoms with van der Waals surface area (Å²) in [5.74, 6) is -0.912. The molecule has 0 aliphatic carbocycles. The van der Waals surface area contributed by atoms with Crippen LogP contribution >= 0.6 is 0 Å². The fourth-order valence-electron chi connectivity index (χ4n) is 4.35. The first-order valence-corrected chi connectivity index (χ1v) is 12.3. The van der Waals surface area contributed by atoms with Crippen LogP contribution in [-0.2, 0) is 16.0 Å². The maximum Gasteiger partial charge on any atom is 0.341 e. The molecule has 0 bridgehead atoms. The summed E-state index contributed by atoms with van der Waals surface area (Å²) >= 11 is 0. The Labute approximate surface area is 215 Å². The maximum absolute atomic E-state index is 13.7. The zero-order valence-electron chi connectivity index (χ0n) is 21.0. The van der Waals surface area contributed by atoms with Crippen LogP contribution in [0, 0.1) is 5.82 Å². The number of rotatable bonds is 9. The number of hydrogen-bond acceptors (Lipinski definition) is 6. The molecule has 4 rings (SSSR count). The van der Waals surface area contributed by atoms with Crippen molar-refractivity contribution in [1.82, 2.24) is 14.8 Å². The van der Waals surface area contributed by atoms with Crippen molar-refractivity contribution in [2.45, 2.75) is 26.2 Å². The molecule has 0 N–H and O–H groups in total. The second-order valence-electron chi connectivity index (χ2n) is 8.97. The van der Waals surface area contributed by atoms with Crippen molar-refractivity contribution in [3.63, 3.8) is 0 Å². The minimum atomic E-state index is -0.620. The van der Waals surface area contributed by atoms with E-state index in [4.69, 9.17) is 9.47 Å². The molecule has 0 spiro atoms. The van der Waals surface area contributed by atoms with E-state index in [0.717, 1.165) is 30.4 Å². The Kier molecular flexibility index (Phi) is 8.32. The molecule has 1 aliphatic rings. The van der Waals surface area contributed by atoms with Gasteiger partial charge in [0.05, 0.1) is 19.3 Å². The van der Waals surface area contributed by atoms with Crippen LogP contribution < -0.4 is 4.74 Å². The molecule has 9 heteroatoms. The summed E-state index contributed by atoms with van der Waals surface area (Å²) in [5.41, 5.74) is 2.57. The number of ether oxygens (including phenoxy) is 2. The highest BCUT2D eigenvalue weighted by Gasteiger charge is 2.28. The lowest BCUT2D eigenvalue weighted by Gasteiger charge is -2.33. The van der Waals surface area contributed by atoms with Gasteiger partial charge >= 0.3 is 5.97 Å². The van der Waals surface area contributed by atoms with Crippen molar-refractivity contribution in [2.75, 3.05) is 39.9 Å². The van der Waals surface area contributed by atoms with Gasteiger partial charge in [0.15, 0.2) is 5.75 Å². The van der Waals surface area contributed by atoms with Gasteiger partial charge in [0.25, 0.3) is 5.91 Å². The first-order valence-electron chi connectivity index (χ1n) is 12.3. The number of carbonyl (C=O) groups is 3. The molecule has 0 atom stereocenters. The van der Waals surface area contributed by atoms with E-state index < -0.39 is 5.97 Å². The maximum atomic E-state index is 13.7. The number of piperazine rings is 1. The van der Waals surface area contributed by atoms with E-state index in [1.54, 1.807) is 28.1 Å². The Morgan fingerprint density at radius 3 is 2.43 bits per heavy atom. The lowest BCUT2D eigenvalue weighted by Crippen LogP contribution is -2.48. The Balaban J connectivity index is 1.82. The number of pyridine rings is 1. The van der Waals surface area contributed by atoms with Crippen LogP contribution in [0.2, 0.25) is 0 Å². The molecule has 194 valence electrons. The number of benzene rings is 2. The number of fused-ring (bicyclic) bond motifs is 1. The third-order valence-electron chi connectivity index (χ3n) is 6.43. The van der Waals surface area contributed by atoms with Gasteiger partial charge in [0.2, 0.25) is 6.41 Å². The molecule has 0 radical (unpaired) electrons. The molecule has 0 unspecified atom stereocenters. The number of nitrogens with zero attached hydrogens (tertiary/aromatic N) is 3. The van der Waals surface area contributed by atoms with Gasteiger partial charge in [-0.1, -0.05) is 25.5 Å². The number of carbonyl (C=O) groups excluding carboxylic acids is 3. The van der Waals surface area contributed by atoms with Crippen LogP contribution in [0.1, 0.15) is 51.6 Å². The van der Waals surface area contributed by atoms with Crippen molar-refractivity contribution < 1.29 is 28.2 Å². The van der Waals surface area contributed by atoms with Crippen LogP contribution in [0.4, 0.5) is 4.39 Å². The van der Waals surface area contributed by atoms with Gasteiger partial charge in [-0.15, -0.1) is 0 Å². The average Bonchev–Trinajstić information content (AvgIpc) is 2.93. The van der Waals surface area contributed by atoms with E-state index in [-0.39, 0.29) is 23.0 Å². The molecule has 2 heterocycles. The quantitative estimate of drug-likeness (QED) is 0.248. The van der Waals surface area contributed by atoms with Crippen LogP contribution in [0.3, 0.4) is 0 Å². The minimum absolute atomic E-state index is 0.139. The first-order chi connectivity index (χ1) is 17.9. The van der Waals surface area contributed by atoms with Gasteiger partial charge in [-0.05, 0) is 48.2 Å². The van der Waals surface area contributed by atoms with Crippen LogP contribution in [-0.4, -0.2) is 73.0 Å². The van der Waals surface area contributed by atoms with E-state index in [2.05, 4.69) is 4.98 Å². The third-order valence-corrected chi connectivity index (χ3v) is 6.43. The van der Waals surface area contributed by atoms with Crippen molar-refractivity contribution in [1.29, 1.82) is 0 Å². The van der Waals surface area contributed by atoms with E-state index >= 15 is 0 Å². The summed E-state index contributed by atoms with van der Waals surface area (Å²) in [6.07, 6.45) is 4.63. The summed E-state index contributed by atoms with van der Waals surface area (Å²) < 4.78 is 24.4. The van der Waals surface area contributed by atoms with Crippen LogP contribution in [0.15, 0.2) is 42.6 Å². The predicted molar refractivity (Wildman–Crippen MR) is 136 cm³/mol. The van der Waals surface area contributed by atoms with E-state index in [1.807, 2.05) is 13.0 Å². The van der Waals surface area contributed by atoms with Crippen molar-refractivity contribution in [3.05, 3.63) is 70.7 Å². The van der Waals surface area contributed by atoms with Gasteiger partial charge in [-0.2, -0.15) is 0 Å². The molecule has 2 aromatic carbocycles. The Bertz CT molecular complexity index is 1290. The number of aromatic nitrogens is 1. The van der Waals surface area contributed by atoms with Crippen molar-refractivity contribution >= 4 is 29.2 Å². The lowest BCUT2D eigenvalue weighted by atomic mass is 9.98. The lowest BCUT2D eigenvalue weighted by molar-refractivity contribution is -0.119. The molecule has 37 heavy (non-hydrogen) atoms. The van der Waals surface area contributed by atoms with Crippen LogP contribution in [0.5, 0.6) is 5.75 Å². The molecule has 1 fully saturated rings. The number of amides is 2. The van der Waals surface area contributed by atoms with E-state index in [1.165, 1.54) is 25.3 Å². The van der Waals surface area contributed by atoms with Gasteiger partial charge < -0.3 is 19.3 Å². The highest BCUT2D eigenvalue weighted by molar-refractivity contribution is 6.12. The highest BCUT2D eigenvalue weighted by Crippen LogP contribution is 2.34. The number of esters is 1. The second kappa shape index (κ2) is 11.8. The normalized spacial score (nSPS) is 13.5. The summed E-state index contributed by atoms with van der Waals surface area (Å²) in [6.45, 7) is 4.05. The van der Waals surface area contributed by atoms with Crippen molar-refractivity contribution in [2.24, 2.45) is 0 Å². The monoisotopic (exact) mass is 507 g/mol. The Hall–Kier alpha value is -4.01. The molecule has 3 aromatic rings. The SMILES string of the molecule is CCCCOc1c(C(=O)OC)cc(C(=O)N2CCN(C=O)CC2)c2cc(Cc3ccc(F)cc3)cnc12. The van der Waals surface area contributed by atoms with Gasteiger partial charge in [-0.25, -0.2) is 9.18 Å². The highest BCUT2D eigenvalue weighted by atomic mass is 19.1. The number of halogens is 1. The molecule has 0 saturated carbocycles. The third kappa shape index (κ3) is 5.87. The number of hydrogen-bond donors (Lipinski definition) is 0. The molecule has 1 saturated heterocycles. The van der Waals surface area contributed by atoms with Crippen molar-refractivity contribution in [3.8, 4) is 5.75 Å². The Morgan fingerprint density at radius 2 is 1.78 bits per heavy atom. The van der Waals surface area contributed by atoms with Crippen LogP contribution in [0.25, 0.3) is 10.9 Å². The molecule has 1 aromatic heterocycles. The fraction of sp³-hybridized carbons (Fsp3) is 0.357. The van der Waals surface area contributed by atoms with Gasteiger partial charge in [0.1, 0.15) is 16.9 Å². The fourth-order valence-corrected chi connectivity index (χ4v) is 4.35. The largest absolute Gasteiger partial charge is 0.490 e. The van der Waals surface area contributed by atoms with E-state index in [0.29, 0.717) is 55.7 Å². The summed E-state index contributed by atoms with van der Waals surface area (Å²) in [5, 5.41) is 0.557. The standard InChI is InChI=1S/C28H30FN3O5/c1-3-4-13-37-26-24(28(35)36-2)16-23(27(34)32-11-9-31(18-33)10-12-32)22-15-20(17-30-25(22)26)14-19-5-7-21(29)8-6-19/h5-8,15-18H,3-4,9-14H2,1-2H3. The minimum Gasteiger partial charge on any atom is -0.490 e. The smallest absolute Gasteiger partial charge is 0.341 e. The molecule has 2 amide bonds. The summed E-state index contributed by atoms with van der Waals surface area (Å²) in [7, 11) is 1.28. The molecule has 8 nitrogen and oxygen atoms in total. The average molecular weight is 508 g/mol. The number of unbranched alkanes of at least 4 members (excludes halogenated alkanes) is 1.